The lowest BCUT2D eigenvalue weighted by molar-refractivity contribution is -0.162. The van der Waals surface area contributed by atoms with Crippen LogP contribution in [0.1, 0.15) is 12.8 Å². The van der Waals surface area contributed by atoms with E-state index >= 15 is 0 Å². The molecular weight excluding hydrogens is 159 g/mol. The Kier molecular flexibility index (Phi) is 2.06. The summed E-state index contributed by atoms with van der Waals surface area (Å²) in [7, 11) is 0. The zero-order valence-electron chi connectivity index (χ0n) is 5.69. The van der Waals surface area contributed by atoms with Gasteiger partial charge in [0.05, 0.1) is 0 Å². The molecule has 0 heterocycles. The number of carbonyl (C=O) groups is 1. The first-order valence-corrected chi connectivity index (χ1v) is 3.32. The van der Waals surface area contributed by atoms with Crippen LogP contribution >= 0.6 is 0 Å². The molecule has 0 aliphatic heterocycles. The Morgan fingerprint density at radius 1 is 1.45 bits per heavy atom. The topological polar surface area (TPSA) is 29.1 Å². The molecule has 0 saturated heterocycles. The molecule has 1 amide bonds. The van der Waals surface area contributed by atoms with Crippen LogP contribution in [0.15, 0.2) is 0 Å². The minimum atomic E-state index is -4.29. The van der Waals surface area contributed by atoms with E-state index in [9.17, 15) is 18.0 Å². The summed E-state index contributed by atoms with van der Waals surface area (Å²) in [5, 5.41) is 1.78. The van der Waals surface area contributed by atoms with Crippen LogP contribution in [0.4, 0.5) is 13.2 Å². The first kappa shape index (κ1) is 8.36. The van der Waals surface area contributed by atoms with Crippen molar-refractivity contribution in [3.05, 3.63) is 0 Å². The highest BCUT2D eigenvalue weighted by atomic mass is 19.4. The molecule has 0 radical (unpaired) electrons. The van der Waals surface area contributed by atoms with Crippen molar-refractivity contribution >= 4 is 6.41 Å². The lowest BCUT2D eigenvalue weighted by atomic mass is 10.2. The van der Waals surface area contributed by atoms with Gasteiger partial charge in [0.15, 0.2) is 0 Å². The van der Waals surface area contributed by atoms with Gasteiger partial charge in [0.1, 0.15) is 6.04 Å². The Morgan fingerprint density at radius 2 is 2.00 bits per heavy atom. The van der Waals surface area contributed by atoms with Crippen LogP contribution in [0.2, 0.25) is 0 Å². The Labute approximate surface area is 61.8 Å². The molecule has 1 saturated carbocycles. The number of nitrogens with one attached hydrogen (secondary N) is 1. The lowest BCUT2D eigenvalue weighted by Gasteiger charge is -2.18. The zero-order chi connectivity index (χ0) is 8.48. The van der Waals surface area contributed by atoms with Crippen LogP contribution < -0.4 is 5.32 Å². The van der Waals surface area contributed by atoms with Crippen LogP contribution in [0.25, 0.3) is 0 Å². The van der Waals surface area contributed by atoms with Gasteiger partial charge in [0, 0.05) is 0 Å². The number of rotatable bonds is 3. The largest absolute Gasteiger partial charge is 0.408 e. The van der Waals surface area contributed by atoms with Gasteiger partial charge in [0.2, 0.25) is 6.41 Å². The Bertz CT molecular complexity index is 152. The molecule has 0 spiro atoms. The van der Waals surface area contributed by atoms with Crippen LogP contribution in [0.5, 0.6) is 0 Å². The molecule has 0 bridgehead atoms. The first-order valence-electron chi connectivity index (χ1n) is 3.32. The number of amides is 1. The van der Waals surface area contributed by atoms with E-state index in [-0.39, 0.29) is 12.3 Å². The van der Waals surface area contributed by atoms with Crippen LogP contribution in [-0.2, 0) is 4.79 Å². The second-order valence-electron chi connectivity index (χ2n) is 2.64. The number of halogens is 3. The van der Waals surface area contributed by atoms with E-state index in [4.69, 9.17) is 0 Å². The highest BCUT2D eigenvalue weighted by Gasteiger charge is 2.48. The molecule has 1 rings (SSSR count). The maximum atomic E-state index is 12.0. The SMILES string of the molecule is O=CNC(C1CC1)C(F)(F)F. The lowest BCUT2D eigenvalue weighted by Crippen LogP contribution is -2.43. The van der Waals surface area contributed by atoms with Gasteiger partial charge in [-0.2, -0.15) is 13.2 Å². The van der Waals surface area contributed by atoms with Crippen LogP contribution in [-0.4, -0.2) is 18.6 Å². The summed E-state index contributed by atoms with van der Waals surface area (Å²) in [5.74, 6) is -0.389. The van der Waals surface area contributed by atoms with Gasteiger partial charge in [-0.15, -0.1) is 0 Å². The normalized spacial score (nSPS) is 21.0. The van der Waals surface area contributed by atoms with E-state index in [1.807, 2.05) is 0 Å². The predicted octanol–water partition coefficient (Wildman–Crippen LogP) is 1.07. The molecule has 1 N–H and O–H groups in total. The van der Waals surface area contributed by atoms with Crippen molar-refractivity contribution in [2.24, 2.45) is 5.92 Å². The van der Waals surface area contributed by atoms with Crippen LogP contribution in [0.3, 0.4) is 0 Å². The molecule has 1 aliphatic rings. The maximum absolute atomic E-state index is 12.0. The van der Waals surface area contributed by atoms with E-state index in [1.54, 1.807) is 5.32 Å². The Morgan fingerprint density at radius 3 is 2.27 bits per heavy atom. The summed E-state index contributed by atoms with van der Waals surface area (Å²) < 4.78 is 35.9. The molecule has 1 unspecified atom stereocenters. The van der Waals surface area contributed by atoms with Gasteiger partial charge in [-0.25, -0.2) is 0 Å². The second-order valence-corrected chi connectivity index (χ2v) is 2.64. The average Bonchev–Trinajstić information content (AvgIpc) is 2.61. The molecular formula is C6H8F3NO. The van der Waals surface area contributed by atoms with Gasteiger partial charge in [-0.05, 0) is 18.8 Å². The van der Waals surface area contributed by atoms with Gasteiger partial charge in [-0.3, -0.25) is 4.79 Å². The highest BCUT2D eigenvalue weighted by Crippen LogP contribution is 2.39. The fourth-order valence-electron chi connectivity index (χ4n) is 1.00. The quantitative estimate of drug-likeness (QED) is 0.626. The van der Waals surface area contributed by atoms with Gasteiger partial charge in [0.25, 0.3) is 0 Å². The third kappa shape index (κ3) is 2.10. The summed E-state index contributed by atoms with van der Waals surface area (Å²) in [6, 6.07) is -1.63. The smallest absolute Gasteiger partial charge is 0.347 e. The number of alkyl halides is 3. The number of hydrogen-bond donors (Lipinski definition) is 1. The molecule has 0 aromatic rings. The Balaban J connectivity index is 2.50. The van der Waals surface area contributed by atoms with Gasteiger partial charge in [-0.1, -0.05) is 0 Å². The number of hydrogen-bond acceptors (Lipinski definition) is 1. The molecule has 11 heavy (non-hydrogen) atoms. The van der Waals surface area contributed by atoms with Crippen LogP contribution in [0, 0.1) is 5.92 Å². The minimum Gasteiger partial charge on any atom is -0.347 e. The third-order valence-electron chi connectivity index (χ3n) is 1.69. The molecule has 1 atom stereocenters. The number of carbonyl (C=O) groups excluding carboxylic acids is 1. The minimum absolute atomic E-state index is 0.108. The average molecular weight is 167 g/mol. The molecule has 0 aromatic carbocycles. The van der Waals surface area contributed by atoms with E-state index in [0.717, 1.165) is 0 Å². The molecule has 1 fully saturated rings. The summed E-state index contributed by atoms with van der Waals surface area (Å²) in [6.45, 7) is 0. The third-order valence-corrected chi connectivity index (χ3v) is 1.69. The molecule has 5 heteroatoms. The van der Waals surface area contributed by atoms with Crippen molar-refractivity contribution < 1.29 is 18.0 Å². The highest BCUT2D eigenvalue weighted by molar-refractivity contribution is 5.47. The molecule has 0 aromatic heterocycles. The molecule has 64 valence electrons. The van der Waals surface area contributed by atoms with Crippen molar-refractivity contribution in [1.29, 1.82) is 0 Å². The van der Waals surface area contributed by atoms with Crippen molar-refractivity contribution in [2.45, 2.75) is 25.1 Å². The van der Waals surface area contributed by atoms with E-state index in [2.05, 4.69) is 0 Å². The summed E-state index contributed by atoms with van der Waals surface area (Å²) >= 11 is 0. The maximum Gasteiger partial charge on any atom is 0.408 e. The predicted molar refractivity (Wildman–Crippen MR) is 31.8 cm³/mol. The summed E-state index contributed by atoms with van der Waals surface area (Å²) in [5.41, 5.74) is 0. The fraction of sp³-hybridized carbons (Fsp3) is 0.833. The summed E-state index contributed by atoms with van der Waals surface area (Å²) in [4.78, 5) is 9.78. The van der Waals surface area contributed by atoms with Crippen molar-refractivity contribution in [1.82, 2.24) is 5.32 Å². The molecule has 1 aliphatic carbocycles. The first-order chi connectivity index (χ1) is 5.05. The van der Waals surface area contributed by atoms with Crippen molar-refractivity contribution in [2.75, 3.05) is 0 Å². The second kappa shape index (κ2) is 2.71. The molecule has 2 nitrogen and oxygen atoms in total. The van der Waals surface area contributed by atoms with E-state index in [0.29, 0.717) is 12.8 Å². The van der Waals surface area contributed by atoms with E-state index in [1.165, 1.54) is 0 Å². The zero-order valence-corrected chi connectivity index (χ0v) is 5.69. The summed E-state index contributed by atoms with van der Waals surface area (Å²) in [6.07, 6.45) is -3.06. The van der Waals surface area contributed by atoms with Crippen molar-refractivity contribution in [3.63, 3.8) is 0 Å². The monoisotopic (exact) mass is 167 g/mol. The van der Waals surface area contributed by atoms with Gasteiger partial charge < -0.3 is 5.32 Å². The van der Waals surface area contributed by atoms with Gasteiger partial charge >= 0.3 is 6.18 Å². The Hall–Kier alpha value is -0.740. The standard InChI is InChI=1S/C6H8F3NO/c7-6(8,9)5(10-3-11)4-1-2-4/h3-5H,1-2H2,(H,10,11). The van der Waals surface area contributed by atoms with E-state index < -0.39 is 12.2 Å². The van der Waals surface area contributed by atoms with Crippen molar-refractivity contribution in [3.8, 4) is 0 Å². The fourth-order valence-corrected chi connectivity index (χ4v) is 1.00.